The third-order valence-corrected chi connectivity index (χ3v) is 7.86. The van der Waals surface area contributed by atoms with Gasteiger partial charge in [-0.05, 0) is 73.8 Å². The molecule has 5 aromatic carbocycles. The number of hydrogen-bond donors (Lipinski definition) is 0. The van der Waals surface area contributed by atoms with Crippen molar-refractivity contribution >= 4 is 32.3 Å². The third kappa shape index (κ3) is 4.18. The molecule has 0 fully saturated rings. The molecular weight excluding hydrogens is 512 g/mol. The van der Waals surface area contributed by atoms with Gasteiger partial charge in [-0.1, -0.05) is 91.0 Å². The first-order valence-electron chi connectivity index (χ1n) is 14.0. The zero-order valence-corrected chi connectivity index (χ0v) is 22.6. The van der Waals surface area contributed by atoms with Gasteiger partial charge in [0.1, 0.15) is 0 Å². The number of aromatic nitrogens is 4. The van der Waals surface area contributed by atoms with E-state index in [1.54, 1.807) is 12.4 Å². The van der Waals surface area contributed by atoms with E-state index in [9.17, 15) is 0 Å². The molecule has 0 amide bonds. The van der Waals surface area contributed by atoms with Crippen LogP contribution in [0.15, 0.2) is 146 Å². The van der Waals surface area contributed by atoms with Gasteiger partial charge in [-0.2, -0.15) is 0 Å². The van der Waals surface area contributed by atoms with E-state index in [4.69, 9.17) is 9.97 Å². The van der Waals surface area contributed by atoms with Crippen LogP contribution >= 0.6 is 0 Å². The molecule has 3 heterocycles. The van der Waals surface area contributed by atoms with Gasteiger partial charge < -0.3 is 0 Å². The van der Waals surface area contributed by atoms with E-state index in [2.05, 4.69) is 107 Å². The molecule has 0 aliphatic carbocycles. The molecule has 4 heteroatoms. The average molecular weight is 537 g/mol. The highest BCUT2D eigenvalue weighted by atomic mass is 14.9. The van der Waals surface area contributed by atoms with Gasteiger partial charge in [-0.25, -0.2) is 9.97 Å². The largest absolute Gasteiger partial charge is 0.264 e. The number of benzene rings is 5. The first-order valence-corrected chi connectivity index (χ1v) is 14.0. The molecule has 0 radical (unpaired) electrons. The highest BCUT2D eigenvalue weighted by molar-refractivity contribution is 6.25. The third-order valence-electron chi connectivity index (χ3n) is 7.86. The Kier molecular flexibility index (Phi) is 5.75. The quantitative estimate of drug-likeness (QED) is 0.210. The summed E-state index contributed by atoms with van der Waals surface area (Å²) in [5.74, 6) is 0.682. The van der Waals surface area contributed by atoms with Crippen LogP contribution in [-0.2, 0) is 0 Å². The fourth-order valence-corrected chi connectivity index (χ4v) is 5.80. The maximum Gasteiger partial charge on any atom is 0.160 e. The van der Waals surface area contributed by atoms with E-state index < -0.39 is 0 Å². The van der Waals surface area contributed by atoms with Crippen LogP contribution in [-0.4, -0.2) is 19.9 Å². The summed E-state index contributed by atoms with van der Waals surface area (Å²) in [6.45, 7) is 0. The summed E-state index contributed by atoms with van der Waals surface area (Å²) in [6.07, 6.45) is 7.30. The van der Waals surface area contributed by atoms with Crippen molar-refractivity contribution in [2.24, 2.45) is 0 Å². The van der Waals surface area contributed by atoms with Crippen molar-refractivity contribution < 1.29 is 0 Å². The lowest BCUT2D eigenvalue weighted by Gasteiger charge is -2.13. The van der Waals surface area contributed by atoms with E-state index in [1.165, 1.54) is 32.3 Å². The van der Waals surface area contributed by atoms with Gasteiger partial charge in [-0.15, -0.1) is 0 Å². The topological polar surface area (TPSA) is 51.6 Å². The molecule has 0 bridgehead atoms. The Morgan fingerprint density at radius 1 is 0.333 bits per heavy atom. The summed E-state index contributed by atoms with van der Waals surface area (Å²) in [5, 5.41) is 7.40. The first-order chi connectivity index (χ1) is 20.8. The van der Waals surface area contributed by atoms with E-state index in [0.29, 0.717) is 5.82 Å². The Morgan fingerprint density at radius 3 is 1.43 bits per heavy atom. The van der Waals surface area contributed by atoms with Gasteiger partial charge in [0.15, 0.2) is 5.82 Å². The van der Waals surface area contributed by atoms with E-state index in [-0.39, 0.29) is 0 Å². The Morgan fingerprint density at radius 2 is 0.833 bits per heavy atom. The van der Waals surface area contributed by atoms with Crippen LogP contribution in [0, 0.1) is 0 Å². The van der Waals surface area contributed by atoms with Crippen LogP contribution in [0.25, 0.3) is 77.3 Å². The Bertz CT molecular complexity index is 2190. The molecule has 0 aliphatic rings. The molecule has 0 atom stereocenters. The summed E-state index contributed by atoms with van der Waals surface area (Å²) in [7, 11) is 0. The number of rotatable bonds is 4. The molecule has 8 rings (SSSR count). The highest BCUT2D eigenvalue weighted by Gasteiger charge is 2.14. The summed E-state index contributed by atoms with van der Waals surface area (Å²) in [5.41, 5.74) is 6.84. The van der Waals surface area contributed by atoms with Crippen LogP contribution in [0.5, 0.6) is 0 Å². The second kappa shape index (κ2) is 10.0. The maximum atomic E-state index is 5.11. The fraction of sp³-hybridized carbons (Fsp3) is 0. The Balaban J connectivity index is 1.32. The average Bonchev–Trinajstić information content (AvgIpc) is 3.09. The van der Waals surface area contributed by atoms with Crippen molar-refractivity contribution in [2.45, 2.75) is 0 Å². The standard InChI is InChI=1S/C38H24N4/c1-2-11-32-30(9-1)31-10-3-4-12-33(31)35-21-27(17-18-34(32)35)38-41-36(22-37(42-38)29-8-6-20-40-24-29)26-15-13-25(14-16-26)28-7-5-19-39-23-28/h1-24H. The second-order valence-corrected chi connectivity index (χ2v) is 10.4. The smallest absolute Gasteiger partial charge is 0.160 e. The lowest BCUT2D eigenvalue weighted by Crippen LogP contribution is -1.96. The summed E-state index contributed by atoms with van der Waals surface area (Å²) in [6, 6.07) is 42.3. The van der Waals surface area contributed by atoms with Crippen molar-refractivity contribution in [3.63, 3.8) is 0 Å². The molecule has 0 N–H and O–H groups in total. The molecule has 0 saturated carbocycles. The first kappa shape index (κ1) is 24.1. The van der Waals surface area contributed by atoms with Crippen LogP contribution in [0.4, 0.5) is 0 Å². The van der Waals surface area contributed by atoms with Crippen LogP contribution in [0.3, 0.4) is 0 Å². The van der Waals surface area contributed by atoms with Crippen molar-refractivity contribution in [1.29, 1.82) is 0 Å². The zero-order valence-electron chi connectivity index (χ0n) is 22.6. The van der Waals surface area contributed by atoms with Gasteiger partial charge in [0.05, 0.1) is 11.4 Å². The van der Waals surface area contributed by atoms with Gasteiger partial charge in [0, 0.05) is 41.5 Å². The molecular formula is C38H24N4. The molecule has 0 saturated heterocycles. The minimum atomic E-state index is 0.682. The van der Waals surface area contributed by atoms with E-state index >= 15 is 0 Å². The summed E-state index contributed by atoms with van der Waals surface area (Å²) in [4.78, 5) is 18.8. The lowest BCUT2D eigenvalue weighted by molar-refractivity contribution is 1.18. The van der Waals surface area contributed by atoms with Crippen molar-refractivity contribution in [3.8, 4) is 45.0 Å². The Labute approximate surface area is 243 Å². The number of pyridine rings is 2. The molecule has 196 valence electrons. The zero-order chi connectivity index (χ0) is 27.9. The van der Waals surface area contributed by atoms with Crippen LogP contribution in [0.2, 0.25) is 0 Å². The highest BCUT2D eigenvalue weighted by Crippen LogP contribution is 2.37. The molecule has 0 unspecified atom stereocenters. The number of nitrogens with zero attached hydrogens (tertiary/aromatic N) is 4. The molecule has 0 spiro atoms. The molecule has 8 aromatic rings. The molecule has 4 nitrogen and oxygen atoms in total. The van der Waals surface area contributed by atoms with Gasteiger partial charge in [0.25, 0.3) is 0 Å². The number of fused-ring (bicyclic) bond motifs is 6. The lowest BCUT2D eigenvalue weighted by atomic mass is 9.93. The monoisotopic (exact) mass is 536 g/mol. The molecule has 42 heavy (non-hydrogen) atoms. The fourth-order valence-electron chi connectivity index (χ4n) is 5.80. The van der Waals surface area contributed by atoms with Gasteiger partial charge >= 0.3 is 0 Å². The SMILES string of the molecule is c1cncc(-c2ccc(-c3cc(-c4cccnc4)nc(-c4ccc5c6ccccc6c6ccccc6c5c4)n3)cc2)c1. The van der Waals surface area contributed by atoms with Crippen LogP contribution < -0.4 is 0 Å². The van der Waals surface area contributed by atoms with Crippen molar-refractivity contribution in [2.75, 3.05) is 0 Å². The molecule has 3 aromatic heterocycles. The van der Waals surface area contributed by atoms with Gasteiger partial charge in [-0.3, -0.25) is 9.97 Å². The van der Waals surface area contributed by atoms with Crippen molar-refractivity contribution in [1.82, 2.24) is 19.9 Å². The Hall–Kier alpha value is -5.74. The maximum absolute atomic E-state index is 5.11. The predicted octanol–water partition coefficient (Wildman–Crippen LogP) is 9.39. The molecule has 0 aliphatic heterocycles. The minimum absolute atomic E-state index is 0.682. The van der Waals surface area contributed by atoms with E-state index in [1.807, 2.05) is 36.7 Å². The van der Waals surface area contributed by atoms with Crippen molar-refractivity contribution in [3.05, 3.63) is 146 Å². The number of hydrogen-bond acceptors (Lipinski definition) is 4. The predicted molar refractivity (Wildman–Crippen MR) is 172 cm³/mol. The van der Waals surface area contributed by atoms with Gasteiger partial charge in [0.2, 0.25) is 0 Å². The van der Waals surface area contributed by atoms with Crippen LogP contribution in [0.1, 0.15) is 0 Å². The normalized spacial score (nSPS) is 11.3. The summed E-state index contributed by atoms with van der Waals surface area (Å²) >= 11 is 0. The minimum Gasteiger partial charge on any atom is -0.264 e. The summed E-state index contributed by atoms with van der Waals surface area (Å²) < 4.78 is 0. The second-order valence-electron chi connectivity index (χ2n) is 10.4. The van der Waals surface area contributed by atoms with E-state index in [0.717, 1.165) is 39.2 Å².